The van der Waals surface area contributed by atoms with Crippen LogP contribution in [0.2, 0.25) is 0 Å². The van der Waals surface area contributed by atoms with E-state index in [0.717, 1.165) is 29.4 Å². The number of anilines is 3. The van der Waals surface area contributed by atoms with E-state index >= 15 is 0 Å². The molecule has 1 fully saturated rings. The number of carbonyl (C=O) groups is 2. The van der Waals surface area contributed by atoms with Crippen molar-refractivity contribution in [3.8, 4) is 11.3 Å². The summed E-state index contributed by atoms with van der Waals surface area (Å²) in [6.07, 6.45) is -1.90. The lowest BCUT2D eigenvalue weighted by Crippen LogP contribution is -2.51. The van der Waals surface area contributed by atoms with E-state index in [2.05, 4.69) is 15.3 Å². The van der Waals surface area contributed by atoms with Crippen LogP contribution in [0.3, 0.4) is 0 Å². The van der Waals surface area contributed by atoms with Crippen LogP contribution < -0.4 is 10.2 Å². The number of nitrogens with one attached hydrogen (secondary N) is 1. The molecule has 0 spiro atoms. The van der Waals surface area contributed by atoms with E-state index < -0.39 is 29.9 Å². The predicted molar refractivity (Wildman–Crippen MR) is 150 cm³/mol. The van der Waals surface area contributed by atoms with Gasteiger partial charge in [-0.3, -0.25) is 14.0 Å². The number of carbonyl (C=O) groups excluding carboxylic acids is 2. The van der Waals surface area contributed by atoms with Gasteiger partial charge in [0.15, 0.2) is 5.82 Å². The Hall–Kier alpha value is -4.56. The Bertz CT molecular complexity index is 1740. The molecule has 11 nitrogen and oxygen atoms in total. The second-order valence-electron chi connectivity index (χ2n) is 10.5. The number of hydrogen-bond acceptors (Lipinski definition) is 8. The molecule has 3 unspecified atom stereocenters. The Balaban J connectivity index is 1.37. The summed E-state index contributed by atoms with van der Waals surface area (Å²) in [5.74, 6) is -0.0695. The van der Waals surface area contributed by atoms with Gasteiger partial charge >= 0.3 is 6.18 Å². The van der Waals surface area contributed by atoms with Gasteiger partial charge in [-0.15, -0.1) is 0 Å². The highest BCUT2D eigenvalue weighted by Gasteiger charge is 2.37. The predicted octanol–water partition coefficient (Wildman–Crippen LogP) is 4.20. The number of halogens is 3. The topological polar surface area (TPSA) is 125 Å². The van der Waals surface area contributed by atoms with Crippen LogP contribution in [0.25, 0.3) is 16.8 Å². The molecule has 2 amide bonds. The van der Waals surface area contributed by atoms with Crippen LogP contribution in [0.4, 0.5) is 30.5 Å². The van der Waals surface area contributed by atoms with Crippen LogP contribution in [-0.2, 0) is 15.7 Å². The van der Waals surface area contributed by atoms with E-state index in [9.17, 15) is 27.9 Å². The number of morpholine rings is 1. The van der Waals surface area contributed by atoms with Crippen LogP contribution in [0.15, 0.2) is 48.9 Å². The molecule has 1 saturated heterocycles. The zero-order valence-electron chi connectivity index (χ0n) is 23.5. The van der Waals surface area contributed by atoms with Gasteiger partial charge in [0.1, 0.15) is 35.1 Å². The molecule has 0 saturated carbocycles. The van der Waals surface area contributed by atoms with Crippen molar-refractivity contribution < 1.29 is 32.6 Å². The van der Waals surface area contributed by atoms with Gasteiger partial charge in [0.25, 0.3) is 11.8 Å². The maximum atomic E-state index is 13.1. The van der Waals surface area contributed by atoms with E-state index in [0.29, 0.717) is 29.6 Å². The molecule has 224 valence electrons. The molecule has 0 radical (unpaired) electrons. The Kier molecular flexibility index (Phi) is 7.05. The van der Waals surface area contributed by atoms with E-state index in [-0.39, 0.29) is 36.5 Å². The van der Waals surface area contributed by atoms with Crippen molar-refractivity contribution >= 4 is 34.7 Å². The summed E-state index contributed by atoms with van der Waals surface area (Å²) in [4.78, 5) is 42.7. The van der Waals surface area contributed by atoms with Crippen molar-refractivity contribution in [3.63, 3.8) is 0 Å². The third-order valence-corrected chi connectivity index (χ3v) is 7.63. The minimum absolute atomic E-state index is 0.203. The van der Waals surface area contributed by atoms with Gasteiger partial charge in [0, 0.05) is 36.3 Å². The van der Waals surface area contributed by atoms with E-state index in [1.54, 1.807) is 35.5 Å². The molecule has 0 bridgehead atoms. The number of fused-ring (bicyclic) bond motifs is 2. The average molecular weight is 596 g/mol. The molecular formula is C29H28F3N7O4. The molecule has 2 aliphatic rings. The van der Waals surface area contributed by atoms with Crippen LogP contribution in [0, 0.1) is 0 Å². The third-order valence-electron chi connectivity index (χ3n) is 7.63. The first-order chi connectivity index (χ1) is 20.5. The standard InChI is InChI=1S/C29H28F3N7O4/c1-4-37-20-11-17(27(41)35-22-12-18(7-8-33-22)29(30,31)32)5-6-19(20)23-24-26(37)34-9-10-38(24)25(36-23)21-13-39(15(2)14-43-21)28(42)16(3)40/h5-12,15-16,21,40H,4,13-14H2,1-3H3,(H,33,35,41). The van der Waals surface area contributed by atoms with Gasteiger partial charge < -0.3 is 25.0 Å². The molecule has 5 heterocycles. The molecule has 6 rings (SSSR count). The number of imidazole rings is 1. The second kappa shape index (κ2) is 10.6. The number of aromatic nitrogens is 4. The number of nitrogens with zero attached hydrogens (tertiary/aromatic N) is 6. The Labute approximate surface area is 243 Å². The fourth-order valence-corrected chi connectivity index (χ4v) is 5.51. The lowest BCUT2D eigenvalue weighted by atomic mass is 10.0. The van der Waals surface area contributed by atoms with E-state index in [1.807, 2.05) is 23.1 Å². The molecule has 0 aliphatic carbocycles. The fraction of sp³-hybridized carbons (Fsp3) is 0.345. The van der Waals surface area contributed by atoms with Gasteiger partial charge in [-0.25, -0.2) is 15.0 Å². The van der Waals surface area contributed by atoms with Crippen LogP contribution in [0.5, 0.6) is 0 Å². The number of ether oxygens (including phenoxy) is 1. The van der Waals surface area contributed by atoms with Gasteiger partial charge in [-0.1, -0.05) is 0 Å². The summed E-state index contributed by atoms with van der Waals surface area (Å²) in [5, 5.41) is 12.4. The van der Waals surface area contributed by atoms with Gasteiger partial charge in [0.2, 0.25) is 0 Å². The SMILES string of the molecule is CCN1c2cc(C(=O)Nc3cc(C(F)(F)F)ccn3)ccc2-c2nc(C3CN(C(=O)C(C)O)C(C)CO3)n3ccnc1c23. The number of pyridine rings is 1. The summed E-state index contributed by atoms with van der Waals surface area (Å²) in [5.41, 5.74) is 2.00. The van der Waals surface area contributed by atoms with Crippen LogP contribution in [0.1, 0.15) is 48.6 Å². The van der Waals surface area contributed by atoms with Crippen molar-refractivity contribution in [1.29, 1.82) is 0 Å². The first-order valence-corrected chi connectivity index (χ1v) is 13.7. The van der Waals surface area contributed by atoms with Gasteiger partial charge in [-0.05, 0) is 51.1 Å². The molecular weight excluding hydrogens is 567 g/mol. The van der Waals surface area contributed by atoms with Crippen LogP contribution in [-0.4, -0.2) is 73.0 Å². The van der Waals surface area contributed by atoms with Gasteiger partial charge in [0.05, 0.1) is 30.4 Å². The lowest BCUT2D eigenvalue weighted by Gasteiger charge is -2.38. The van der Waals surface area contributed by atoms with E-state index in [4.69, 9.17) is 9.72 Å². The maximum absolute atomic E-state index is 13.1. The number of amides is 2. The first-order valence-electron chi connectivity index (χ1n) is 13.7. The minimum Gasteiger partial charge on any atom is -0.384 e. The number of aliphatic hydroxyl groups excluding tert-OH is 1. The normalized spacial score (nSPS) is 18.9. The quantitative estimate of drug-likeness (QED) is 0.352. The first kappa shape index (κ1) is 28.6. The summed E-state index contributed by atoms with van der Waals surface area (Å²) < 4.78 is 47.4. The Morgan fingerprint density at radius 2 is 1.98 bits per heavy atom. The minimum atomic E-state index is -4.57. The smallest absolute Gasteiger partial charge is 0.384 e. The number of benzene rings is 1. The molecule has 2 aliphatic heterocycles. The zero-order valence-corrected chi connectivity index (χ0v) is 23.5. The molecule has 4 aromatic rings. The summed E-state index contributed by atoms with van der Waals surface area (Å²) >= 11 is 0. The van der Waals surface area contributed by atoms with E-state index in [1.165, 1.54) is 6.92 Å². The van der Waals surface area contributed by atoms with Crippen LogP contribution >= 0.6 is 0 Å². The highest BCUT2D eigenvalue weighted by molar-refractivity contribution is 6.07. The molecule has 3 aromatic heterocycles. The molecule has 2 N–H and O–H groups in total. The summed E-state index contributed by atoms with van der Waals surface area (Å²) in [6, 6.07) is 6.35. The molecule has 43 heavy (non-hydrogen) atoms. The molecule has 3 atom stereocenters. The Morgan fingerprint density at radius 1 is 1.19 bits per heavy atom. The van der Waals surface area contributed by atoms with Crippen molar-refractivity contribution in [1.82, 2.24) is 24.3 Å². The highest BCUT2D eigenvalue weighted by Crippen LogP contribution is 2.46. The highest BCUT2D eigenvalue weighted by atomic mass is 19.4. The number of rotatable bonds is 5. The lowest BCUT2D eigenvalue weighted by molar-refractivity contribution is -0.152. The summed E-state index contributed by atoms with van der Waals surface area (Å²) in [7, 11) is 0. The maximum Gasteiger partial charge on any atom is 0.416 e. The molecule has 14 heteroatoms. The number of aliphatic hydroxyl groups is 1. The summed E-state index contributed by atoms with van der Waals surface area (Å²) in [6.45, 7) is 6.18. The van der Waals surface area contributed by atoms with Gasteiger partial charge in [-0.2, -0.15) is 13.2 Å². The number of hydrogen-bond donors (Lipinski definition) is 2. The van der Waals surface area contributed by atoms with Crippen molar-refractivity contribution in [2.24, 2.45) is 0 Å². The Morgan fingerprint density at radius 3 is 2.70 bits per heavy atom. The van der Waals surface area contributed by atoms with Crippen molar-refractivity contribution in [2.45, 2.75) is 45.2 Å². The third kappa shape index (κ3) is 4.95. The second-order valence-corrected chi connectivity index (χ2v) is 10.5. The van der Waals surface area contributed by atoms with Crippen molar-refractivity contribution in [3.05, 3.63) is 65.9 Å². The fourth-order valence-electron chi connectivity index (χ4n) is 5.51. The monoisotopic (exact) mass is 595 g/mol. The number of alkyl halides is 3. The largest absolute Gasteiger partial charge is 0.416 e. The van der Waals surface area contributed by atoms with Crippen molar-refractivity contribution in [2.75, 3.05) is 29.9 Å². The molecule has 1 aromatic carbocycles. The average Bonchev–Trinajstić information content (AvgIpc) is 3.37. The zero-order chi connectivity index (χ0) is 30.6.